The Kier molecular flexibility index (Phi) is 4.29. The summed E-state index contributed by atoms with van der Waals surface area (Å²) in [4.78, 5) is 2.27. The molecule has 0 aliphatic carbocycles. The Morgan fingerprint density at radius 3 is 2.10 bits per heavy atom. The number of benzene rings is 5. The summed E-state index contributed by atoms with van der Waals surface area (Å²) in [6, 6.07) is 38.0. The van der Waals surface area contributed by atoms with E-state index in [1.54, 1.807) is 0 Å². The number of fused-ring (bicyclic) bond motifs is 4. The number of furan rings is 1. The van der Waals surface area contributed by atoms with Gasteiger partial charge in [-0.15, -0.1) is 0 Å². The van der Waals surface area contributed by atoms with Crippen LogP contribution in [0, 0.1) is 0 Å². The number of halogens is 1. The molecule has 148 valence electrons. The molecule has 0 spiro atoms. The quantitative estimate of drug-likeness (QED) is 0.260. The summed E-state index contributed by atoms with van der Waals surface area (Å²) in [5.41, 5.74) is 4.95. The lowest BCUT2D eigenvalue weighted by molar-refractivity contribution is 0.667. The van der Waals surface area contributed by atoms with Gasteiger partial charge in [-0.05, 0) is 63.1 Å². The number of anilines is 3. The van der Waals surface area contributed by atoms with Gasteiger partial charge in [0.25, 0.3) is 0 Å². The van der Waals surface area contributed by atoms with Crippen molar-refractivity contribution >= 4 is 65.7 Å². The molecule has 1 heterocycles. The number of rotatable bonds is 3. The van der Waals surface area contributed by atoms with Gasteiger partial charge < -0.3 is 9.32 Å². The maximum absolute atomic E-state index is 6.44. The normalized spacial score (nSPS) is 11.4. The Balaban J connectivity index is 1.66. The SMILES string of the molecule is Brc1cccc2c1oc1c(N(c3ccccc3)c3ccc4ccccc4c3)cccc12. The highest BCUT2D eigenvalue weighted by atomic mass is 79.9. The number of nitrogens with zero attached hydrogens (tertiary/aromatic N) is 1. The molecular weight excluding hydrogens is 446 g/mol. The molecule has 0 aliphatic heterocycles. The maximum atomic E-state index is 6.44. The van der Waals surface area contributed by atoms with E-state index in [0.717, 1.165) is 43.5 Å². The van der Waals surface area contributed by atoms with Crippen LogP contribution in [0.2, 0.25) is 0 Å². The van der Waals surface area contributed by atoms with Crippen molar-refractivity contribution in [2.45, 2.75) is 0 Å². The highest BCUT2D eigenvalue weighted by Crippen LogP contribution is 2.43. The molecule has 6 rings (SSSR count). The Morgan fingerprint density at radius 2 is 1.26 bits per heavy atom. The van der Waals surface area contributed by atoms with E-state index in [4.69, 9.17) is 4.42 Å². The number of hydrogen-bond acceptors (Lipinski definition) is 2. The molecule has 1 aromatic heterocycles. The van der Waals surface area contributed by atoms with Crippen molar-refractivity contribution < 1.29 is 4.42 Å². The fourth-order valence-corrected chi connectivity index (χ4v) is 4.71. The van der Waals surface area contributed by atoms with Crippen molar-refractivity contribution in [1.29, 1.82) is 0 Å². The monoisotopic (exact) mass is 463 g/mol. The maximum Gasteiger partial charge on any atom is 0.159 e. The van der Waals surface area contributed by atoms with Crippen molar-refractivity contribution in [1.82, 2.24) is 0 Å². The van der Waals surface area contributed by atoms with Crippen molar-refractivity contribution in [2.75, 3.05) is 4.90 Å². The molecule has 0 radical (unpaired) electrons. The lowest BCUT2D eigenvalue weighted by Crippen LogP contribution is -2.10. The summed E-state index contributed by atoms with van der Waals surface area (Å²) >= 11 is 3.65. The largest absolute Gasteiger partial charge is 0.453 e. The highest BCUT2D eigenvalue weighted by Gasteiger charge is 2.19. The summed E-state index contributed by atoms with van der Waals surface area (Å²) in [6.45, 7) is 0. The molecule has 0 bridgehead atoms. The van der Waals surface area contributed by atoms with Crippen LogP contribution >= 0.6 is 15.9 Å². The molecule has 2 nitrogen and oxygen atoms in total. The van der Waals surface area contributed by atoms with E-state index in [1.807, 2.05) is 18.2 Å². The van der Waals surface area contributed by atoms with E-state index >= 15 is 0 Å². The highest BCUT2D eigenvalue weighted by molar-refractivity contribution is 9.10. The molecule has 0 saturated carbocycles. The van der Waals surface area contributed by atoms with Gasteiger partial charge in [0.05, 0.1) is 10.2 Å². The van der Waals surface area contributed by atoms with Gasteiger partial charge in [0.2, 0.25) is 0 Å². The molecule has 31 heavy (non-hydrogen) atoms. The second kappa shape index (κ2) is 7.29. The topological polar surface area (TPSA) is 16.4 Å². The summed E-state index contributed by atoms with van der Waals surface area (Å²) < 4.78 is 7.40. The molecule has 0 amide bonds. The zero-order chi connectivity index (χ0) is 20.8. The van der Waals surface area contributed by atoms with E-state index in [9.17, 15) is 0 Å². The van der Waals surface area contributed by atoms with Crippen molar-refractivity contribution in [3.8, 4) is 0 Å². The smallest absolute Gasteiger partial charge is 0.159 e. The Bertz CT molecular complexity index is 1550. The van der Waals surface area contributed by atoms with Crippen LogP contribution in [0.25, 0.3) is 32.7 Å². The third-order valence-corrected chi connectivity index (χ3v) is 6.33. The molecule has 0 fully saturated rings. The molecule has 0 N–H and O–H groups in total. The van der Waals surface area contributed by atoms with Crippen LogP contribution in [0.3, 0.4) is 0 Å². The first-order valence-electron chi connectivity index (χ1n) is 10.2. The second-order valence-corrected chi connectivity index (χ2v) is 8.43. The van der Waals surface area contributed by atoms with Crippen molar-refractivity contribution in [3.05, 3.63) is 114 Å². The summed E-state index contributed by atoms with van der Waals surface area (Å²) in [5, 5.41) is 4.65. The minimum Gasteiger partial charge on any atom is -0.453 e. The second-order valence-electron chi connectivity index (χ2n) is 7.57. The van der Waals surface area contributed by atoms with E-state index in [-0.39, 0.29) is 0 Å². The molecule has 3 heteroatoms. The van der Waals surface area contributed by atoms with Gasteiger partial charge in [-0.25, -0.2) is 0 Å². The fourth-order valence-electron chi connectivity index (χ4n) is 4.27. The first-order chi connectivity index (χ1) is 15.3. The summed E-state index contributed by atoms with van der Waals surface area (Å²) in [6.07, 6.45) is 0. The zero-order valence-corrected chi connectivity index (χ0v) is 18.2. The number of para-hydroxylation sites is 3. The third kappa shape index (κ3) is 3.01. The molecular formula is C28H18BrNO. The van der Waals surface area contributed by atoms with E-state index in [2.05, 4.69) is 112 Å². The van der Waals surface area contributed by atoms with Gasteiger partial charge in [-0.3, -0.25) is 0 Å². The van der Waals surface area contributed by atoms with E-state index in [1.165, 1.54) is 10.8 Å². The van der Waals surface area contributed by atoms with Crippen LogP contribution in [0.15, 0.2) is 118 Å². The molecule has 6 aromatic rings. The average molecular weight is 464 g/mol. The first kappa shape index (κ1) is 18.2. The van der Waals surface area contributed by atoms with E-state index in [0.29, 0.717) is 0 Å². The Morgan fingerprint density at radius 1 is 0.548 bits per heavy atom. The lowest BCUT2D eigenvalue weighted by atomic mass is 10.1. The van der Waals surface area contributed by atoms with E-state index < -0.39 is 0 Å². The molecule has 0 atom stereocenters. The minimum absolute atomic E-state index is 0.872. The first-order valence-corrected chi connectivity index (χ1v) is 11.0. The van der Waals surface area contributed by atoms with Crippen molar-refractivity contribution in [3.63, 3.8) is 0 Å². The van der Waals surface area contributed by atoms with Crippen LogP contribution in [0.5, 0.6) is 0 Å². The predicted molar refractivity (Wildman–Crippen MR) is 134 cm³/mol. The van der Waals surface area contributed by atoms with Gasteiger partial charge in [0.1, 0.15) is 5.58 Å². The molecule has 0 unspecified atom stereocenters. The standard InChI is InChI=1S/C28H18BrNO/c29-25-14-6-12-23-24-13-7-15-26(28(24)31-27(23)25)30(21-10-2-1-3-11-21)22-17-16-19-8-4-5-9-20(19)18-22/h1-18H. The Hall–Kier alpha value is -3.56. The van der Waals surface area contributed by atoms with Crippen LogP contribution < -0.4 is 4.90 Å². The Labute approximate surface area is 188 Å². The van der Waals surface area contributed by atoms with Crippen LogP contribution in [0.4, 0.5) is 17.1 Å². The predicted octanol–water partition coefficient (Wildman–Crippen LogP) is 8.97. The van der Waals surface area contributed by atoms with Crippen molar-refractivity contribution in [2.24, 2.45) is 0 Å². The van der Waals surface area contributed by atoms with Gasteiger partial charge in [0, 0.05) is 22.1 Å². The molecule has 0 aliphatic rings. The summed E-state index contributed by atoms with van der Waals surface area (Å²) in [5.74, 6) is 0. The lowest BCUT2D eigenvalue weighted by Gasteiger charge is -2.25. The van der Waals surface area contributed by atoms with Gasteiger partial charge in [-0.2, -0.15) is 0 Å². The van der Waals surface area contributed by atoms with Crippen LogP contribution in [-0.2, 0) is 0 Å². The van der Waals surface area contributed by atoms with Gasteiger partial charge in [-0.1, -0.05) is 72.8 Å². The third-order valence-electron chi connectivity index (χ3n) is 5.70. The average Bonchev–Trinajstić information content (AvgIpc) is 3.21. The van der Waals surface area contributed by atoms with Crippen LogP contribution in [0.1, 0.15) is 0 Å². The van der Waals surface area contributed by atoms with Crippen LogP contribution in [-0.4, -0.2) is 0 Å². The molecule has 5 aromatic carbocycles. The minimum atomic E-state index is 0.872. The number of hydrogen-bond donors (Lipinski definition) is 0. The van der Waals surface area contributed by atoms with Gasteiger partial charge in [0.15, 0.2) is 5.58 Å². The molecule has 0 saturated heterocycles. The fraction of sp³-hybridized carbons (Fsp3) is 0. The summed E-state index contributed by atoms with van der Waals surface area (Å²) in [7, 11) is 0. The van der Waals surface area contributed by atoms with Gasteiger partial charge >= 0.3 is 0 Å². The zero-order valence-electron chi connectivity index (χ0n) is 16.6.